The Kier molecular flexibility index (Phi) is 7.88. The highest BCUT2D eigenvalue weighted by Gasteiger charge is 2.19. The molecule has 5 nitrogen and oxygen atoms in total. The number of rotatable bonds is 5. The molecule has 0 aliphatic rings. The maximum Gasteiger partial charge on any atom is 0.345 e. The third kappa shape index (κ3) is 5.81. The van der Waals surface area contributed by atoms with E-state index >= 15 is 0 Å². The number of hydrogen-bond acceptors (Lipinski definition) is 4. The molecule has 130 valence electrons. The maximum absolute atomic E-state index is 11.5. The zero-order chi connectivity index (χ0) is 17.2. The molecule has 2 aromatic rings. The number of aromatic nitrogens is 1. The lowest BCUT2D eigenvalue weighted by Crippen LogP contribution is -2.00. The molecule has 0 saturated carbocycles. The van der Waals surface area contributed by atoms with Gasteiger partial charge in [-0.1, -0.05) is 29.3 Å². The molecular weight excluding hydrogens is 460 g/mol. The van der Waals surface area contributed by atoms with Gasteiger partial charge in [0.2, 0.25) is 0 Å². The number of halogens is 5. The SMILES string of the molecule is Cl.O=C(O)C(=Cc1c(Cl)cccc1Cl)c1csc(NP(=O)(Cl)Cl)n1. The van der Waals surface area contributed by atoms with Crippen molar-refractivity contribution in [1.29, 1.82) is 0 Å². The zero-order valence-electron chi connectivity index (χ0n) is 11.4. The Labute approximate surface area is 167 Å². The molecule has 1 aromatic carbocycles. The molecule has 24 heavy (non-hydrogen) atoms. The third-order valence-electron chi connectivity index (χ3n) is 2.52. The fourth-order valence-electron chi connectivity index (χ4n) is 1.60. The smallest absolute Gasteiger partial charge is 0.345 e. The summed E-state index contributed by atoms with van der Waals surface area (Å²) >= 11 is 23.9. The van der Waals surface area contributed by atoms with E-state index in [4.69, 9.17) is 45.7 Å². The largest absolute Gasteiger partial charge is 0.478 e. The van der Waals surface area contributed by atoms with E-state index in [9.17, 15) is 14.5 Å². The van der Waals surface area contributed by atoms with E-state index in [0.717, 1.165) is 11.3 Å². The van der Waals surface area contributed by atoms with Gasteiger partial charge in [-0.15, -0.1) is 23.7 Å². The highest BCUT2D eigenvalue weighted by atomic mass is 35.9. The van der Waals surface area contributed by atoms with Crippen molar-refractivity contribution >= 4 is 98.2 Å². The van der Waals surface area contributed by atoms with Gasteiger partial charge in [0.1, 0.15) is 0 Å². The number of nitrogens with zero attached hydrogens (tertiary/aromatic N) is 1. The predicted molar refractivity (Wildman–Crippen MR) is 104 cm³/mol. The molecule has 0 aliphatic heterocycles. The molecule has 0 amide bonds. The monoisotopic (exact) mass is 466 g/mol. The first-order valence-electron chi connectivity index (χ1n) is 5.80. The molecule has 1 heterocycles. The van der Waals surface area contributed by atoms with Crippen LogP contribution in [0.5, 0.6) is 0 Å². The summed E-state index contributed by atoms with van der Waals surface area (Å²) in [6, 6.07) is 4.82. The number of benzene rings is 1. The molecular formula is C12H8Cl5N2O3PS. The lowest BCUT2D eigenvalue weighted by molar-refractivity contribution is -0.130. The number of aliphatic carboxylic acids is 1. The van der Waals surface area contributed by atoms with Crippen LogP contribution in [0, 0.1) is 0 Å². The highest BCUT2D eigenvalue weighted by molar-refractivity contribution is 8.09. The van der Waals surface area contributed by atoms with Crippen molar-refractivity contribution in [1.82, 2.24) is 4.98 Å². The Morgan fingerprint density at radius 2 is 1.88 bits per heavy atom. The van der Waals surface area contributed by atoms with Crippen LogP contribution < -0.4 is 5.09 Å². The fourth-order valence-corrected chi connectivity index (χ4v) is 4.31. The highest BCUT2D eigenvalue weighted by Crippen LogP contribution is 2.56. The topological polar surface area (TPSA) is 79.3 Å². The van der Waals surface area contributed by atoms with E-state index in [-0.39, 0.29) is 28.8 Å². The van der Waals surface area contributed by atoms with Crippen LogP contribution in [0.1, 0.15) is 11.3 Å². The molecule has 12 heteroatoms. The standard InChI is InChI=1S/C12H7Cl4N2O3PS.ClH/c13-8-2-1-3-9(14)6(8)4-7(11(19)20)10-5-23-12(17-10)18-22(15,16)21;/h1-5H,(H,19,20)(H,17,18,21);1H. The van der Waals surface area contributed by atoms with Gasteiger partial charge < -0.3 is 5.11 Å². The average Bonchev–Trinajstić information content (AvgIpc) is 2.83. The number of nitrogens with one attached hydrogen (secondary N) is 1. The Balaban J connectivity index is 0.00000288. The van der Waals surface area contributed by atoms with Crippen molar-refractivity contribution in [2.24, 2.45) is 0 Å². The lowest BCUT2D eigenvalue weighted by Gasteiger charge is -2.04. The van der Waals surface area contributed by atoms with E-state index in [1.165, 1.54) is 11.5 Å². The van der Waals surface area contributed by atoms with Gasteiger partial charge in [-0.3, -0.25) is 9.65 Å². The van der Waals surface area contributed by atoms with Gasteiger partial charge in [-0.2, -0.15) is 0 Å². The van der Waals surface area contributed by atoms with Gasteiger partial charge in [-0.25, -0.2) is 9.78 Å². The molecule has 0 fully saturated rings. The average molecular weight is 469 g/mol. The van der Waals surface area contributed by atoms with Gasteiger partial charge in [0.25, 0.3) is 0 Å². The van der Waals surface area contributed by atoms with Gasteiger partial charge >= 0.3 is 12.0 Å². The van der Waals surface area contributed by atoms with Crippen LogP contribution in [0.3, 0.4) is 0 Å². The number of carbonyl (C=O) groups is 1. The molecule has 0 spiro atoms. The van der Waals surface area contributed by atoms with Crippen molar-refractivity contribution in [3.05, 3.63) is 44.9 Å². The number of carboxylic acid groups (broad SMARTS) is 1. The van der Waals surface area contributed by atoms with Crippen LogP contribution in [0.2, 0.25) is 10.0 Å². The van der Waals surface area contributed by atoms with Crippen LogP contribution in [-0.2, 0) is 9.36 Å². The molecule has 1 aromatic heterocycles. The van der Waals surface area contributed by atoms with Gasteiger partial charge in [0.15, 0.2) is 5.13 Å². The molecule has 2 N–H and O–H groups in total. The first kappa shape index (κ1) is 21.6. The molecule has 0 unspecified atom stereocenters. The second kappa shape index (κ2) is 8.77. The summed E-state index contributed by atoms with van der Waals surface area (Å²) in [5.74, 6) is -4.80. The van der Waals surface area contributed by atoms with E-state index in [1.54, 1.807) is 18.2 Å². The minimum atomic E-state index is -3.58. The number of thiazole rings is 1. The van der Waals surface area contributed by atoms with Crippen LogP contribution in [0.4, 0.5) is 5.13 Å². The molecule has 0 saturated heterocycles. The van der Waals surface area contributed by atoms with Crippen molar-refractivity contribution in [3.63, 3.8) is 0 Å². The second-order valence-electron chi connectivity index (χ2n) is 4.11. The molecule has 2 rings (SSSR count). The van der Waals surface area contributed by atoms with Gasteiger partial charge in [0.05, 0.1) is 11.3 Å². The fraction of sp³-hybridized carbons (Fsp3) is 0. The van der Waals surface area contributed by atoms with E-state index < -0.39 is 12.0 Å². The van der Waals surface area contributed by atoms with E-state index in [0.29, 0.717) is 15.6 Å². The van der Waals surface area contributed by atoms with Crippen molar-refractivity contribution in [2.45, 2.75) is 0 Å². The van der Waals surface area contributed by atoms with Crippen LogP contribution >= 0.6 is 75.4 Å². The number of hydrogen-bond donors (Lipinski definition) is 2. The zero-order valence-corrected chi connectivity index (χ0v) is 16.9. The minimum Gasteiger partial charge on any atom is -0.478 e. The van der Waals surface area contributed by atoms with Crippen LogP contribution in [0.25, 0.3) is 11.6 Å². The summed E-state index contributed by atoms with van der Waals surface area (Å²) in [6.45, 7) is 0. The van der Waals surface area contributed by atoms with Crippen molar-refractivity contribution in [2.75, 3.05) is 5.09 Å². The molecule has 0 bridgehead atoms. The van der Waals surface area contributed by atoms with Crippen LogP contribution in [0.15, 0.2) is 23.6 Å². The Morgan fingerprint density at radius 1 is 1.29 bits per heavy atom. The Bertz CT molecular complexity index is 816. The van der Waals surface area contributed by atoms with Gasteiger partial charge in [0, 0.05) is 21.0 Å². The quantitative estimate of drug-likeness (QED) is 0.387. The first-order valence-corrected chi connectivity index (χ1v) is 10.9. The predicted octanol–water partition coefficient (Wildman–Crippen LogP) is 6.49. The minimum absolute atomic E-state index is 0. The normalized spacial score (nSPS) is 11.8. The second-order valence-corrected chi connectivity index (χ2v) is 10.3. The lowest BCUT2D eigenvalue weighted by atomic mass is 10.1. The molecule has 0 atom stereocenters. The Hall–Kier alpha value is -0.460. The maximum atomic E-state index is 11.5. The van der Waals surface area contributed by atoms with E-state index in [1.807, 2.05) is 0 Å². The third-order valence-corrected chi connectivity index (χ3v) is 5.07. The summed E-state index contributed by atoms with van der Waals surface area (Å²) in [4.78, 5) is 15.5. The van der Waals surface area contributed by atoms with Crippen molar-refractivity contribution < 1.29 is 14.5 Å². The summed E-state index contributed by atoms with van der Waals surface area (Å²) in [7, 11) is 0. The number of carboxylic acids is 1. The summed E-state index contributed by atoms with van der Waals surface area (Å²) in [6.07, 6.45) is 1.31. The van der Waals surface area contributed by atoms with Gasteiger partial charge in [-0.05, 0) is 40.7 Å². The number of anilines is 1. The molecule has 0 radical (unpaired) electrons. The summed E-state index contributed by atoms with van der Waals surface area (Å²) in [5.41, 5.74) is 0.349. The van der Waals surface area contributed by atoms with Crippen LogP contribution in [-0.4, -0.2) is 16.1 Å². The first-order chi connectivity index (χ1) is 10.7. The summed E-state index contributed by atoms with van der Waals surface area (Å²) in [5, 5.41) is 13.9. The Morgan fingerprint density at radius 3 is 2.38 bits per heavy atom. The van der Waals surface area contributed by atoms with E-state index in [2.05, 4.69) is 10.1 Å². The summed E-state index contributed by atoms with van der Waals surface area (Å²) < 4.78 is 11.3. The molecule has 0 aliphatic carbocycles. The van der Waals surface area contributed by atoms with Crippen molar-refractivity contribution in [3.8, 4) is 0 Å².